The molecule has 8 heteroatoms. The Labute approximate surface area is 173 Å². The summed E-state index contributed by atoms with van der Waals surface area (Å²) in [7, 11) is 0. The van der Waals surface area contributed by atoms with Gasteiger partial charge in [0.15, 0.2) is 11.6 Å². The van der Waals surface area contributed by atoms with Crippen LogP contribution < -0.4 is 16.0 Å². The third-order valence-corrected chi connectivity index (χ3v) is 5.50. The number of para-hydroxylation sites is 1. The van der Waals surface area contributed by atoms with E-state index in [0.717, 1.165) is 18.2 Å². The molecule has 2 aromatic rings. The van der Waals surface area contributed by atoms with E-state index in [4.69, 9.17) is 0 Å². The van der Waals surface area contributed by atoms with Crippen LogP contribution in [0.25, 0.3) is 0 Å². The van der Waals surface area contributed by atoms with Crippen LogP contribution in [0.15, 0.2) is 42.5 Å². The van der Waals surface area contributed by atoms with Crippen LogP contribution in [0.3, 0.4) is 0 Å². The molecule has 3 unspecified atom stereocenters. The number of carbonyl (C=O) groups is 2. The molecule has 1 saturated heterocycles. The quantitative estimate of drug-likeness (QED) is 0.713. The maximum absolute atomic E-state index is 13.7. The molecule has 0 aliphatic carbocycles. The Bertz CT molecular complexity index is 925. The molecule has 3 N–H and O–H groups in total. The Morgan fingerprint density at radius 2 is 1.90 bits per heavy atom. The van der Waals surface area contributed by atoms with Gasteiger partial charge in [0.1, 0.15) is 0 Å². The molecule has 1 fully saturated rings. The molecule has 2 amide bonds. The van der Waals surface area contributed by atoms with Crippen molar-refractivity contribution in [2.45, 2.75) is 30.7 Å². The summed E-state index contributed by atoms with van der Waals surface area (Å²) in [6, 6.07) is 10.9. The summed E-state index contributed by atoms with van der Waals surface area (Å²) in [6.07, 6.45) is 0.774. The zero-order valence-electron chi connectivity index (χ0n) is 15.6. The highest BCUT2D eigenvalue weighted by molar-refractivity contribution is 6.01. The van der Waals surface area contributed by atoms with Crippen LogP contribution in [0.5, 0.6) is 0 Å². The van der Waals surface area contributed by atoms with Crippen LogP contribution in [-0.4, -0.2) is 30.9 Å². The van der Waals surface area contributed by atoms with Gasteiger partial charge < -0.3 is 16.0 Å². The fourth-order valence-corrected chi connectivity index (χ4v) is 4.08. The number of piperidine rings is 1. The number of hydrogen-bond donors (Lipinski definition) is 3. The first kappa shape index (κ1) is 21.2. The summed E-state index contributed by atoms with van der Waals surface area (Å²) >= 11 is 0. The van der Waals surface area contributed by atoms with E-state index >= 15 is 0 Å². The minimum atomic E-state index is -0.890. The van der Waals surface area contributed by atoms with Crippen molar-refractivity contribution in [3.05, 3.63) is 65.2 Å². The highest BCUT2D eigenvalue weighted by atomic mass is 35.5. The van der Waals surface area contributed by atoms with Gasteiger partial charge in [-0.05, 0) is 42.3 Å². The second-order valence-corrected chi connectivity index (χ2v) is 7.28. The first-order chi connectivity index (χ1) is 13.5. The molecule has 154 valence electrons. The summed E-state index contributed by atoms with van der Waals surface area (Å²) in [5.41, 5.74) is 2.10. The van der Waals surface area contributed by atoms with E-state index in [0.29, 0.717) is 24.2 Å². The van der Waals surface area contributed by atoms with Gasteiger partial charge in [0.2, 0.25) is 11.8 Å². The number of anilines is 1. The summed E-state index contributed by atoms with van der Waals surface area (Å²) in [4.78, 5) is 25.0. The van der Waals surface area contributed by atoms with E-state index in [9.17, 15) is 18.4 Å². The summed E-state index contributed by atoms with van der Waals surface area (Å²) in [5, 5.41) is 9.06. The topological polar surface area (TPSA) is 70.2 Å². The van der Waals surface area contributed by atoms with E-state index < -0.39 is 17.6 Å². The molecule has 0 radical (unpaired) electrons. The van der Waals surface area contributed by atoms with Crippen LogP contribution in [0.2, 0.25) is 0 Å². The smallest absolute Gasteiger partial charge is 0.228 e. The van der Waals surface area contributed by atoms with Crippen LogP contribution in [0.1, 0.15) is 35.8 Å². The van der Waals surface area contributed by atoms with Crippen LogP contribution in [-0.2, 0) is 9.59 Å². The Hall–Kier alpha value is -2.51. The maximum Gasteiger partial charge on any atom is 0.228 e. The van der Waals surface area contributed by atoms with Crippen molar-refractivity contribution in [1.82, 2.24) is 10.6 Å². The minimum Gasteiger partial charge on any atom is -0.351 e. The lowest BCUT2D eigenvalue weighted by molar-refractivity contribution is -0.127. The van der Waals surface area contributed by atoms with E-state index in [1.54, 1.807) is 12.1 Å². The summed E-state index contributed by atoms with van der Waals surface area (Å²) < 4.78 is 27.0. The van der Waals surface area contributed by atoms with Gasteiger partial charge in [-0.1, -0.05) is 24.3 Å². The van der Waals surface area contributed by atoms with Gasteiger partial charge in [-0.25, -0.2) is 8.78 Å². The lowest BCUT2D eigenvalue weighted by Gasteiger charge is -2.35. The zero-order chi connectivity index (χ0) is 19.7. The molecule has 0 bridgehead atoms. The largest absolute Gasteiger partial charge is 0.351 e. The third-order valence-electron chi connectivity index (χ3n) is 5.50. The number of benzene rings is 2. The number of rotatable bonds is 3. The first-order valence-corrected chi connectivity index (χ1v) is 9.38. The number of nitrogens with one attached hydrogen (secondary N) is 3. The predicted molar refractivity (Wildman–Crippen MR) is 108 cm³/mol. The Morgan fingerprint density at radius 1 is 1.10 bits per heavy atom. The predicted octanol–water partition coefficient (Wildman–Crippen LogP) is 3.07. The molecular weight excluding hydrogens is 400 g/mol. The van der Waals surface area contributed by atoms with Crippen molar-refractivity contribution in [2.75, 3.05) is 18.4 Å². The molecule has 2 heterocycles. The Balaban J connectivity index is 0.00000240. The molecular formula is C21H22ClF2N3O2. The van der Waals surface area contributed by atoms with Crippen LogP contribution in [0, 0.1) is 11.6 Å². The van der Waals surface area contributed by atoms with Gasteiger partial charge in [-0.2, -0.15) is 0 Å². The molecule has 4 rings (SSSR count). The van der Waals surface area contributed by atoms with Gasteiger partial charge in [-0.15, -0.1) is 12.4 Å². The fourth-order valence-electron chi connectivity index (χ4n) is 4.08. The number of fused-ring (bicyclic) bond motifs is 1. The van der Waals surface area contributed by atoms with Crippen molar-refractivity contribution in [3.63, 3.8) is 0 Å². The number of hydrogen-bond acceptors (Lipinski definition) is 3. The Morgan fingerprint density at radius 3 is 2.69 bits per heavy atom. The Kier molecular flexibility index (Phi) is 6.49. The minimum absolute atomic E-state index is 0. The second kappa shape index (κ2) is 8.88. The van der Waals surface area contributed by atoms with Crippen molar-refractivity contribution in [3.8, 4) is 0 Å². The van der Waals surface area contributed by atoms with Crippen molar-refractivity contribution >= 4 is 29.9 Å². The van der Waals surface area contributed by atoms with Gasteiger partial charge >= 0.3 is 0 Å². The third kappa shape index (κ3) is 4.41. The molecule has 2 aliphatic heterocycles. The molecule has 0 aromatic heterocycles. The summed E-state index contributed by atoms with van der Waals surface area (Å²) in [6.45, 7) is 1.25. The van der Waals surface area contributed by atoms with Gasteiger partial charge in [-0.3, -0.25) is 9.59 Å². The average Bonchev–Trinajstić information content (AvgIpc) is 2.70. The molecule has 3 atom stereocenters. The van der Waals surface area contributed by atoms with Crippen LogP contribution >= 0.6 is 12.4 Å². The summed E-state index contributed by atoms with van der Waals surface area (Å²) in [5.74, 6) is -2.91. The zero-order valence-corrected chi connectivity index (χ0v) is 16.4. The standard InChI is InChI=1S/C21H21F2N3O2.ClH/c22-16-6-5-12(9-17(16)23)13-7-8-24-11-19(13)26-21(28)15-10-20(27)25-18-4-2-1-3-14(15)18;/h1-6,9,13,15,19,24H,7-8,10-11H2,(H,25,27)(H,26,28);1H. The molecule has 0 saturated carbocycles. The molecule has 29 heavy (non-hydrogen) atoms. The van der Waals surface area contributed by atoms with Crippen molar-refractivity contribution in [1.29, 1.82) is 0 Å². The average molecular weight is 422 g/mol. The lowest BCUT2D eigenvalue weighted by Crippen LogP contribution is -2.51. The number of carbonyl (C=O) groups excluding carboxylic acids is 2. The monoisotopic (exact) mass is 421 g/mol. The van der Waals surface area contributed by atoms with E-state index in [-0.39, 0.29) is 42.6 Å². The van der Waals surface area contributed by atoms with Gasteiger partial charge in [0.05, 0.1) is 5.92 Å². The highest BCUT2D eigenvalue weighted by Gasteiger charge is 2.34. The first-order valence-electron chi connectivity index (χ1n) is 9.38. The highest BCUT2D eigenvalue weighted by Crippen LogP contribution is 2.33. The molecule has 2 aliphatic rings. The number of amides is 2. The van der Waals surface area contributed by atoms with Crippen molar-refractivity contribution in [2.24, 2.45) is 0 Å². The lowest BCUT2D eigenvalue weighted by atomic mass is 9.84. The van der Waals surface area contributed by atoms with Gasteiger partial charge in [0.25, 0.3) is 0 Å². The molecule has 0 spiro atoms. The molecule has 5 nitrogen and oxygen atoms in total. The molecule has 2 aromatic carbocycles. The fraction of sp³-hybridized carbons (Fsp3) is 0.333. The van der Waals surface area contributed by atoms with E-state index in [1.165, 1.54) is 6.07 Å². The van der Waals surface area contributed by atoms with E-state index in [2.05, 4.69) is 16.0 Å². The maximum atomic E-state index is 13.7. The van der Waals surface area contributed by atoms with Gasteiger partial charge in [0, 0.05) is 30.6 Å². The number of halogens is 3. The normalized spacial score (nSPS) is 23.4. The SMILES string of the molecule is Cl.O=C1CC(C(=O)NC2CNCCC2c2ccc(F)c(F)c2)c2ccccc2N1. The van der Waals surface area contributed by atoms with E-state index in [1.807, 2.05) is 18.2 Å². The second-order valence-electron chi connectivity index (χ2n) is 7.28. The van der Waals surface area contributed by atoms with Crippen LogP contribution in [0.4, 0.5) is 14.5 Å². The van der Waals surface area contributed by atoms with Crippen molar-refractivity contribution < 1.29 is 18.4 Å².